The van der Waals surface area contributed by atoms with Gasteiger partial charge in [0.2, 0.25) is 0 Å². The number of hydrogen-bond donors (Lipinski definition) is 1. The van der Waals surface area contributed by atoms with Gasteiger partial charge in [-0.05, 0) is 49.5 Å². The fourth-order valence-electron chi connectivity index (χ4n) is 3.21. The largest absolute Gasteiger partial charge is 0.371 e. The van der Waals surface area contributed by atoms with E-state index in [0.717, 1.165) is 44.3 Å². The lowest BCUT2D eigenvalue weighted by Crippen LogP contribution is -2.43. The first kappa shape index (κ1) is 15.6. The molecule has 0 saturated carbocycles. The van der Waals surface area contributed by atoms with Gasteiger partial charge in [-0.15, -0.1) is 0 Å². The zero-order valence-corrected chi connectivity index (χ0v) is 13.7. The number of nitrogens with one attached hydrogen (secondary N) is 1. The molecular formula is C16H22Cl2N2O. The Kier molecular flexibility index (Phi) is 5.41. The molecule has 5 heteroatoms. The quantitative estimate of drug-likeness (QED) is 0.920. The third kappa shape index (κ3) is 4.11. The molecule has 3 nitrogen and oxygen atoms in total. The van der Waals surface area contributed by atoms with Crippen molar-refractivity contribution in [2.45, 2.75) is 18.9 Å². The average Bonchev–Trinajstić information content (AvgIpc) is 2.51. The van der Waals surface area contributed by atoms with E-state index in [1.165, 1.54) is 19.4 Å². The highest BCUT2D eigenvalue weighted by molar-refractivity contribution is 6.42. The Labute approximate surface area is 136 Å². The summed E-state index contributed by atoms with van der Waals surface area (Å²) >= 11 is 12.1. The molecule has 3 rings (SSSR count). The number of rotatable bonds is 3. The second-order valence-corrected chi connectivity index (χ2v) is 6.80. The second-order valence-electron chi connectivity index (χ2n) is 5.99. The van der Waals surface area contributed by atoms with Gasteiger partial charge in [0.25, 0.3) is 0 Å². The molecule has 2 saturated heterocycles. The topological polar surface area (TPSA) is 24.5 Å². The summed E-state index contributed by atoms with van der Waals surface area (Å²) in [4.78, 5) is 2.53. The molecule has 116 valence electrons. The molecule has 2 aliphatic heterocycles. The first-order valence-corrected chi connectivity index (χ1v) is 8.47. The fourth-order valence-corrected chi connectivity index (χ4v) is 3.52. The van der Waals surface area contributed by atoms with E-state index in [9.17, 15) is 0 Å². The van der Waals surface area contributed by atoms with Crippen molar-refractivity contribution in [2.24, 2.45) is 5.92 Å². The first-order chi connectivity index (χ1) is 10.2. The van der Waals surface area contributed by atoms with E-state index < -0.39 is 0 Å². The molecule has 21 heavy (non-hydrogen) atoms. The number of benzene rings is 1. The van der Waals surface area contributed by atoms with E-state index in [4.69, 9.17) is 27.9 Å². The summed E-state index contributed by atoms with van der Waals surface area (Å²) in [7, 11) is 0. The normalized spacial score (nSPS) is 25.1. The Balaban J connectivity index is 1.60. The standard InChI is InChI=1S/C16H22Cl2N2O/c17-14-2-1-13(9-15(14)18)16-11-20(7-8-21-16)10-12-3-5-19-6-4-12/h1-2,9,12,16,19H,3-8,10-11H2. The minimum Gasteiger partial charge on any atom is -0.371 e. The molecule has 0 amide bonds. The molecule has 1 aromatic carbocycles. The van der Waals surface area contributed by atoms with Crippen LogP contribution in [-0.2, 0) is 4.74 Å². The molecule has 0 spiro atoms. The van der Waals surface area contributed by atoms with Crippen molar-refractivity contribution in [3.8, 4) is 0 Å². The lowest BCUT2D eigenvalue weighted by Gasteiger charge is -2.36. The molecular weight excluding hydrogens is 307 g/mol. The van der Waals surface area contributed by atoms with Crippen LogP contribution in [0.1, 0.15) is 24.5 Å². The molecule has 0 aromatic heterocycles. The summed E-state index contributed by atoms with van der Waals surface area (Å²) in [6.07, 6.45) is 2.68. The Morgan fingerprint density at radius 3 is 2.76 bits per heavy atom. The molecule has 1 unspecified atom stereocenters. The predicted molar refractivity (Wildman–Crippen MR) is 87.2 cm³/mol. The number of hydrogen-bond acceptors (Lipinski definition) is 3. The van der Waals surface area contributed by atoms with Crippen LogP contribution >= 0.6 is 23.2 Å². The van der Waals surface area contributed by atoms with Crippen LogP contribution in [0.4, 0.5) is 0 Å². The van der Waals surface area contributed by atoms with Gasteiger partial charge in [-0.3, -0.25) is 4.90 Å². The van der Waals surface area contributed by atoms with Crippen LogP contribution in [0, 0.1) is 5.92 Å². The van der Waals surface area contributed by atoms with E-state index in [2.05, 4.69) is 10.2 Å². The van der Waals surface area contributed by atoms with Crippen molar-refractivity contribution in [3.63, 3.8) is 0 Å². The van der Waals surface area contributed by atoms with Crippen molar-refractivity contribution in [2.75, 3.05) is 39.3 Å². The molecule has 1 N–H and O–H groups in total. The summed E-state index contributed by atoms with van der Waals surface area (Å²) < 4.78 is 5.92. The van der Waals surface area contributed by atoms with E-state index in [1.54, 1.807) is 0 Å². The summed E-state index contributed by atoms with van der Waals surface area (Å²) in [6, 6.07) is 5.81. The maximum Gasteiger partial charge on any atom is 0.0952 e. The maximum atomic E-state index is 6.12. The number of nitrogens with zero attached hydrogens (tertiary/aromatic N) is 1. The lowest BCUT2D eigenvalue weighted by atomic mass is 9.97. The zero-order valence-electron chi connectivity index (χ0n) is 12.2. The highest BCUT2D eigenvalue weighted by Gasteiger charge is 2.25. The Bertz CT molecular complexity index is 477. The monoisotopic (exact) mass is 328 g/mol. The van der Waals surface area contributed by atoms with Gasteiger partial charge in [-0.25, -0.2) is 0 Å². The highest BCUT2D eigenvalue weighted by Crippen LogP contribution is 2.29. The molecule has 1 aromatic rings. The second kappa shape index (κ2) is 7.30. The Hall–Kier alpha value is -0.320. The first-order valence-electron chi connectivity index (χ1n) is 7.72. The highest BCUT2D eigenvalue weighted by atomic mass is 35.5. The summed E-state index contributed by atoms with van der Waals surface area (Å²) in [6.45, 7) is 6.26. The molecule has 0 aliphatic carbocycles. The van der Waals surface area contributed by atoms with Gasteiger partial charge in [0.1, 0.15) is 0 Å². The summed E-state index contributed by atoms with van der Waals surface area (Å²) in [5.41, 5.74) is 1.12. The minimum atomic E-state index is 0.107. The molecule has 0 bridgehead atoms. The van der Waals surface area contributed by atoms with Gasteiger partial charge in [0.15, 0.2) is 0 Å². The van der Waals surface area contributed by atoms with Crippen LogP contribution in [0.5, 0.6) is 0 Å². The number of halogens is 2. The Morgan fingerprint density at radius 1 is 1.19 bits per heavy atom. The van der Waals surface area contributed by atoms with Crippen LogP contribution in [0.2, 0.25) is 10.0 Å². The smallest absolute Gasteiger partial charge is 0.0952 e. The number of morpholine rings is 1. The van der Waals surface area contributed by atoms with Gasteiger partial charge in [0.05, 0.1) is 22.8 Å². The van der Waals surface area contributed by atoms with Gasteiger partial charge in [-0.1, -0.05) is 29.3 Å². The fraction of sp³-hybridized carbons (Fsp3) is 0.625. The van der Waals surface area contributed by atoms with E-state index in [0.29, 0.717) is 10.0 Å². The van der Waals surface area contributed by atoms with Crippen LogP contribution in [0.15, 0.2) is 18.2 Å². The molecule has 0 radical (unpaired) electrons. The maximum absolute atomic E-state index is 6.12. The van der Waals surface area contributed by atoms with Crippen LogP contribution in [0.25, 0.3) is 0 Å². The molecule has 2 heterocycles. The van der Waals surface area contributed by atoms with Crippen molar-refractivity contribution in [1.29, 1.82) is 0 Å². The van der Waals surface area contributed by atoms with E-state index in [1.807, 2.05) is 18.2 Å². The van der Waals surface area contributed by atoms with Crippen molar-refractivity contribution in [1.82, 2.24) is 10.2 Å². The summed E-state index contributed by atoms with van der Waals surface area (Å²) in [5.74, 6) is 0.818. The van der Waals surface area contributed by atoms with Crippen molar-refractivity contribution >= 4 is 23.2 Å². The third-order valence-electron chi connectivity index (χ3n) is 4.44. The van der Waals surface area contributed by atoms with Crippen molar-refractivity contribution < 1.29 is 4.74 Å². The lowest BCUT2D eigenvalue weighted by molar-refractivity contribution is -0.0356. The average molecular weight is 329 g/mol. The minimum absolute atomic E-state index is 0.107. The number of ether oxygens (including phenoxy) is 1. The molecule has 2 fully saturated rings. The van der Waals surface area contributed by atoms with Gasteiger partial charge in [-0.2, -0.15) is 0 Å². The van der Waals surface area contributed by atoms with Crippen LogP contribution < -0.4 is 5.32 Å². The van der Waals surface area contributed by atoms with Gasteiger partial charge >= 0.3 is 0 Å². The van der Waals surface area contributed by atoms with Gasteiger partial charge < -0.3 is 10.1 Å². The van der Waals surface area contributed by atoms with E-state index in [-0.39, 0.29) is 6.10 Å². The number of piperidine rings is 1. The van der Waals surface area contributed by atoms with E-state index >= 15 is 0 Å². The van der Waals surface area contributed by atoms with Crippen LogP contribution in [0.3, 0.4) is 0 Å². The zero-order chi connectivity index (χ0) is 14.7. The van der Waals surface area contributed by atoms with Crippen molar-refractivity contribution in [3.05, 3.63) is 33.8 Å². The Morgan fingerprint density at radius 2 is 2.00 bits per heavy atom. The summed E-state index contributed by atoms with van der Waals surface area (Å²) in [5, 5.41) is 4.63. The molecule has 2 aliphatic rings. The van der Waals surface area contributed by atoms with Gasteiger partial charge in [0, 0.05) is 19.6 Å². The SMILES string of the molecule is Clc1ccc(C2CN(CC3CCNCC3)CCO2)cc1Cl. The molecule has 1 atom stereocenters. The van der Waals surface area contributed by atoms with Crippen LogP contribution in [-0.4, -0.2) is 44.2 Å². The third-order valence-corrected chi connectivity index (χ3v) is 5.18. The predicted octanol–water partition coefficient (Wildman–Crippen LogP) is 3.37.